The average molecular weight is 559 g/mol. The third kappa shape index (κ3) is 5.37. The lowest BCUT2D eigenvalue weighted by molar-refractivity contribution is -0.386. The van der Waals surface area contributed by atoms with Crippen molar-refractivity contribution in [2.45, 2.75) is 6.92 Å². The molecule has 0 bridgehead atoms. The monoisotopic (exact) mass is 558 g/mol. The van der Waals surface area contributed by atoms with E-state index in [1.54, 1.807) is 41.8 Å². The Hall–Kier alpha value is -4.94. The van der Waals surface area contributed by atoms with Gasteiger partial charge in [0.2, 0.25) is 5.76 Å². The van der Waals surface area contributed by atoms with Crippen molar-refractivity contribution in [3.63, 3.8) is 0 Å². The number of nitro groups is 1. The smallest absolute Gasteiger partial charge is 0.338 e. The van der Waals surface area contributed by atoms with E-state index in [0.29, 0.717) is 27.6 Å². The standard InChI is InChI=1S/C27H18N4O6S2/c1-16-24(31(34)35)22(37-29-16)11-12-23-17(13-14-39-23)15-21-25(32)28-27(38)30(26(21)33)18-7-9-20(10-8-18)36-19-5-3-2-4-6-19/h2-15H,1H3,(H,28,32,38)/b12-11+,21-15+. The van der Waals surface area contributed by atoms with Gasteiger partial charge < -0.3 is 9.26 Å². The van der Waals surface area contributed by atoms with Gasteiger partial charge in [-0.2, -0.15) is 0 Å². The first-order valence-corrected chi connectivity index (χ1v) is 12.7. The van der Waals surface area contributed by atoms with Gasteiger partial charge >= 0.3 is 5.69 Å². The van der Waals surface area contributed by atoms with Gasteiger partial charge in [-0.1, -0.05) is 23.4 Å². The summed E-state index contributed by atoms with van der Waals surface area (Å²) in [6, 6.07) is 17.7. The summed E-state index contributed by atoms with van der Waals surface area (Å²) in [5, 5.41) is 19.2. The molecular weight excluding hydrogens is 540 g/mol. The molecule has 3 heterocycles. The normalized spacial score (nSPS) is 14.7. The number of nitrogens with one attached hydrogen (secondary N) is 1. The van der Waals surface area contributed by atoms with Crippen molar-refractivity contribution in [1.82, 2.24) is 10.5 Å². The number of aromatic nitrogens is 1. The molecule has 1 fully saturated rings. The van der Waals surface area contributed by atoms with E-state index in [4.69, 9.17) is 21.5 Å². The molecule has 4 aromatic rings. The summed E-state index contributed by atoms with van der Waals surface area (Å²) in [6.07, 6.45) is 4.48. The number of hydrogen-bond donors (Lipinski definition) is 1. The molecule has 39 heavy (non-hydrogen) atoms. The topological polar surface area (TPSA) is 128 Å². The molecule has 10 nitrogen and oxygen atoms in total. The summed E-state index contributed by atoms with van der Waals surface area (Å²) in [6.45, 7) is 1.48. The number of anilines is 1. The molecule has 1 aliphatic rings. The number of amides is 2. The Morgan fingerprint density at radius 1 is 1.08 bits per heavy atom. The number of thiophene rings is 1. The summed E-state index contributed by atoms with van der Waals surface area (Å²) in [5.41, 5.74) is 0.827. The highest BCUT2D eigenvalue weighted by atomic mass is 32.1. The van der Waals surface area contributed by atoms with Gasteiger partial charge in [0.25, 0.3) is 11.8 Å². The van der Waals surface area contributed by atoms with Gasteiger partial charge in [0.05, 0.1) is 10.6 Å². The number of nitrogens with zero attached hydrogens (tertiary/aromatic N) is 3. The molecule has 1 aliphatic heterocycles. The molecule has 1 N–H and O–H groups in total. The van der Waals surface area contributed by atoms with Crippen LogP contribution in [-0.4, -0.2) is 27.0 Å². The minimum absolute atomic E-state index is 0.00722. The Labute approximate surface area is 231 Å². The van der Waals surface area contributed by atoms with Crippen molar-refractivity contribution in [2.75, 3.05) is 4.90 Å². The van der Waals surface area contributed by atoms with Crippen LogP contribution in [0, 0.1) is 17.0 Å². The molecule has 0 aliphatic carbocycles. The van der Waals surface area contributed by atoms with Crippen LogP contribution < -0.4 is 15.0 Å². The molecule has 194 valence electrons. The summed E-state index contributed by atoms with van der Waals surface area (Å²) in [7, 11) is 0. The molecule has 2 aromatic heterocycles. The van der Waals surface area contributed by atoms with Gasteiger partial charge in [0, 0.05) is 4.88 Å². The Morgan fingerprint density at radius 2 is 1.79 bits per heavy atom. The van der Waals surface area contributed by atoms with Gasteiger partial charge in [-0.25, -0.2) is 0 Å². The fourth-order valence-electron chi connectivity index (χ4n) is 3.79. The zero-order valence-electron chi connectivity index (χ0n) is 20.2. The van der Waals surface area contributed by atoms with Gasteiger partial charge in [0.1, 0.15) is 17.1 Å². The van der Waals surface area contributed by atoms with Crippen LogP contribution in [0.5, 0.6) is 11.5 Å². The number of benzene rings is 2. The second-order valence-corrected chi connectivity index (χ2v) is 9.51. The van der Waals surface area contributed by atoms with Crippen LogP contribution in [0.4, 0.5) is 11.4 Å². The summed E-state index contributed by atoms with van der Waals surface area (Å²) >= 11 is 6.61. The largest absolute Gasteiger partial charge is 0.457 e. The van der Waals surface area contributed by atoms with Crippen LogP contribution in [0.3, 0.4) is 0 Å². The predicted molar refractivity (Wildman–Crippen MR) is 150 cm³/mol. The number of para-hydroxylation sites is 1. The molecule has 0 atom stereocenters. The van der Waals surface area contributed by atoms with Gasteiger partial charge in [0.15, 0.2) is 10.8 Å². The number of thiocarbonyl (C=S) groups is 1. The lowest BCUT2D eigenvalue weighted by Gasteiger charge is -2.29. The maximum absolute atomic E-state index is 13.4. The van der Waals surface area contributed by atoms with E-state index in [9.17, 15) is 19.7 Å². The van der Waals surface area contributed by atoms with E-state index in [-0.39, 0.29) is 27.8 Å². The number of rotatable bonds is 7. The number of carbonyl (C=O) groups excluding carboxylic acids is 2. The lowest BCUT2D eigenvalue weighted by Crippen LogP contribution is -2.54. The van der Waals surface area contributed by atoms with Gasteiger partial charge in [-0.15, -0.1) is 11.3 Å². The second-order valence-electron chi connectivity index (χ2n) is 8.18. The van der Waals surface area contributed by atoms with E-state index in [2.05, 4.69) is 10.5 Å². The van der Waals surface area contributed by atoms with Crippen molar-refractivity contribution in [3.8, 4) is 11.5 Å². The highest BCUT2D eigenvalue weighted by Crippen LogP contribution is 2.30. The second kappa shape index (κ2) is 10.8. The van der Waals surface area contributed by atoms with Crippen molar-refractivity contribution in [1.29, 1.82) is 0 Å². The van der Waals surface area contributed by atoms with Crippen molar-refractivity contribution < 1.29 is 23.8 Å². The maximum Gasteiger partial charge on any atom is 0.338 e. The van der Waals surface area contributed by atoms with E-state index >= 15 is 0 Å². The Morgan fingerprint density at radius 3 is 2.51 bits per heavy atom. The SMILES string of the molecule is Cc1noc(/C=C/c2sccc2/C=C2\C(=O)NC(=S)N(c3ccc(Oc4ccccc4)cc3)C2=O)c1[N+](=O)[O-]. The van der Waals surface area contributed by atoms with E-state index in [1.807, 2.05) is 30.3 Å². The molecule has 0 saturated carbocycles. The molecular formula is C27H18N4O6S2. The molecule has 5 rings (SSSR count). The van der Waals surface area contributed by atoms with E-state index in [1.165, 1.54) is 35.3 Å². The Kier molecular flexibility index (Phi) is 7.12. The molecule has 1 saturated heterocycles. The first-order chi connectivity index (χ1) is 18.8. The highest BCUT2D eigenvalue weighted by molar-refractivity contribution is 7.80. The lowest BCUT2D eigenvalue weighted by atomic mass is 10.1. The van der Waals surface area contributed by atoms with E-state index < -0.39 is 16.7 Å². The first kappa shape index (κ1) is 25.7. The van der Waals surface area contributed by atoms with Crippen LogP contribution in [0.25, 0.3) is 18.2 Å². The quantitative estimate of drug-likeness (QED) is 0.0999. The zero-order valence-corrected chi connectivity index (χ0v) is 21.8. The van der Waals surface area contributed by atoms with Crippen molar-refractivity contribution in [3.05, 3.63) is 104 Å². The Balaban J connectivity index is 1.40. The van der Waals surface area contributed by atoms with Crippen LogP contribution in [0.2, 0.25) is 0 Å². The molecule has 0 unspecified atom stereocenters. The predicted octanol–water partition coefficient (Wildman–Crippen LogP) is 5.75. The number of carbonyl (C=O) groups is 2. The highest BCUT2D eigenvalue weighted by Gasteiger charge is 2.34. The zero-order chi connectivity index (χ0) is 27.5. The van der Waals surface area contributed by atoms with E-state index in [0.717, 1.165) is 0 Å². The fourth-order valence-corrected chi connectivity index (χ4v) is 4.84. The molecule has 2 amide bonds. The molecule has 0 radical (unpaired) electrons. The maximum atomic E-state index is 13.4. The van der Waals surface area contributed by atoms with Crippen molar-refractivity contribution in [2.24, 2.45) is 0 Å². The summed E-state index contributed by atoms with van der Waals surface area (Å²) < 4.78 is 10.9. The molecule has 12 heteroatoms. The minimum atomic E-state index is -0.632. The average Bonchev–Trinajstić information content (AvgIpc) is 3.52. The fraction of sp³-hybridized carbons (Fsp3) is 0.0370. The molecule has 0 spiro atoms. The first-order valence-electron chi connectivity index (χ1n) is 11.4. The van der Waals surface area contributed by atoms with Gasteiger partial charge in [-0.05, 0) is 90.8 Å². The number of aryl methyl sites for hydroxylation is 1. The Bertz CT molecular complexity index is 1650. The third-order valence-electron chi connectivity index (χ3n) is 5.63. The third-order valence-corrected chi connectivity index (χ3v) is 6.81. The van der Waals surface area contributed by atoms with Crippen molar-refractivity contribution >= 4 is 70.1 Å². The van der Waals surface area contributed by atoms with Crippen LogP contribution in [0.1, 0.15) is 21.9 Å². The van der Waals surface area contributed by atoms with Crippen LogP contribution in [0.15, 0.2) is 76.1 Å². The summed E-state index contributed by atoms with van der Waals surface area (Å²) in [5.74, 6) is 0.00111. The molecule has 2 aromatic carbocycles. The minimum Gasteiger partial charge on any atom is -0.457 e. The number of ether oxygens (including phenoxy) is 1. The summed E-state index contributed by atoms with van der Waals surface area (Å²) in [4.78, 5) is 38.8. The van der Waals surface area contributed by atoms with Gasteiger partial charge in [-0.3, -0.25) is 29.9 Å². The van der Waals surface area contributed by atoms with Crippen LogP contribution in [-0.2, 0) is 9.59 Å². The van der Waals surface area contributed by atoms with Crippen LogP contribution >= 0.6 is 23.6 Å². The number of hydrogen-bond acceptors (Lipinski definition) is 9.